The van der Waals surface area contributed by atoms with Gasteiger partial charge in [-0.2, -0.15) is 0 Å². The van der Waals surface area contributed by atoms with E-state index >= 15 is 0 Å². The monoisotopic (exact) mass is 489 g/mol. The summed E-state index contributed by atoms with van der Waals surface area (Å²) in [5, 5.41) is 9.10. The van der Waals surface area contributed by atoms with E-state index in [0.717, 1.165) is 29.3 Å². The highest BCUT2D eigenvalue weighted by atomic mass is 32.1. The molecule has 35 heavy (non-hydrogen) atoms. The van der Waals surface area contributed by atoms with Gasteiger partial charge in [0.1, 0.15) is 18.2 Å². The van der Waals surface area contributed by atoms with Crippen molar-refractivity contribution in [2.75, 3.05) is 31.1 Å². The zero-order chi connectivity index (χ0) is 24.6. The summed E-state index contributed by atoms with van der Waals surface area (Å²) in [5.41, 5.74) is 0.848. The highest BCUT2D eigenvalue weighted by molar-refractivity contribution is 7.14. The van der Waals surface area contributed by atoms with Crippen molar-refractivity contribution in [2.24, 2.45) is 0 Å². The first-order valence-corrected chi connectivity index (χ1v) is 12.3. The molecule has 7 nitrogen and oxygen atoms in total. The van der Waals surface area contributed by atoms with Crippen LogP contribution in [-0.4, -0.2) is 53.0 Å². The lowest BCUT2D eigenvalue weighted by Crippen LogP contribution is -2.48. The summed E-state index contributed by atoms with van der Waals surface area (Å²) in [4.78, 5) is 34.2. The molecule has 1 amide bonds. The summed E-state index contributed by atoms with van der Waals surface area (Å²) >= 11 is 1.45. The summed E-state index contributed by atoms with van der Waals surface area (Å²) < 4.78 is 5.89. The fourth-order valence-electron chi connectivity index (χ4n) is 3.96. The van der Waals surface area contributed by atoms with Crippen molar-refractivity contribution in [1.29, 1.82) is 0 Å². The number of pyridine rings is 1. The first kappa shape index (κ1) is 24.3. The minimum Gasteiger partial charge on any atom is -0.488 e. The molecule has 0 bridgehead atoms. The quantitative estimate of drug-likeness (QED) is 0.476. The summed E-state index contributed by atoms with van der Waals surface area (Å²) in [6.07, 6.45) is 1.75. The van der Waals surface area contributed by atoms with Crippen LogP contribution in [0.3, 0.4) is 0 Å². The van der Waals surface area contributed by atoms with Crippen LogP contribution in [-0.2, 0) is 11.4 Å². The lowest BCUT2D eigenvalue weighted by atomic mass is 9.96. The Bertz CT molecular complexity index is 1210. The minimum atomic E-state index is -0.879. The van der Waals surface area contributed by atoms with E-state index in [0.29, 0.717) is 30.3 Å². The van der Waals surface area contributed by atoms with Gasteiger partial charge in [-0.15, -0.1) is 17.3 Å². The predicted molar refractivity (Wildman–Crippen MR) is 136 cm³/mol. The van der Waals surface area contributed by atoms with Crippen molar-refractivity contribution in [3.8, 4) is 17.6 Å². The van der Waals surface area contributed by atoms with Crippen LogP contribution in [0, 0.1) is 11.8 Å². The van der Waals surface area contributed by atoms with Gasteiger partial charge in [0.2, 0.25) is 0 Å². The number of anilines is 1. The molecule has 0 aliphatic carbocycles. The van der Waals surface area contributed by atoms with Gasteiger partial charge in [0.05, 0.1) is 17.2 Å². The lowest BCUT2D eigenvalue weighted by molar-refractivity contribution is -0.137. The molecule has 3 heterocycles. The second-order valence-electron chi connectivity index (χ2n) is 8.14. The number of aliphatic carboxylic acids is 1. The molecule has 0 spiro atoms. The molecular formula is C27H27N3O4S. The van der Waals surface area contributed by atoms with Crippen molar-refractivity contribution in [3.63, 3.8) is 0 Å². The van der Waals surface area contributed by atoms with E-state index in [-0.39, 0.29) is 18.2 Å². The number of ether oxygens (including phenoxy) is 1. The molecule has 3 aromatic rings. The van der Waals surface area contributed by atoms with Crippen molar-refractivity contribution < 1.29 is 19.4 Å². The number of hydrogen-bond acceptors (Lipinski definition) is 6. The number of aromatic nitrogens is 1. The Morgan fingerprint density at radius 2 is 1.86 bits per heavy atom. The molecule has 1 aromatic carbocycles. The first-order valence-electron chi connectivity index (χ1n) is 11.4. The van der Waals surface area contributed by atoms with Gasteiger partial charge < -0.3 is 19.6 Å². The Kier molecular flexibility index (Phi) is 8.01. The zero-order valence-corrected chi connectivity index (χ0v) is 20.3. The van der Waals surface area contributed by atoms with Crippen LogP contribution in [0.15, 0.2) is 60.8 Å². The minimum absolute atomic E-state index is 0.0365. The topological polar surface area (TPSA) is 83.0 Å². The van der Waals surface area contributed by atoms with Gasteiger partial charge >= 0.3 is 5.97 Å². The van der Waals surface area contributed by atoms with Gasteiger partial charge in [0, 0.05) is 37.3 Å². The summed E-state index contributed by atoms with van der Waals surface area (Å²) in [5.74, 6) is 6.19. The van der Waals surface area contributed by atoms with Gasteiger partial charge in [-0.1, -0.05) is 24.1 Å². The molecule has 4 rings (SSSR count). The standard InChI is InChI=1S/C27H27N3O4S/c1-2-5-21(18-26(31)32)20-7-9-22(10-8-20)34-19-23-11-12-24(35-23)27(33)30-16-14-29(15-17-30)25-6-3-4-13-28-25/h3-4,6-13,21H,14-19H2,1H3,(H,31,32). The number of hydrogen-bond donors (Lipinski definition) is 1. The highest BCUT2D eigenvalue weighted by Crippen LogP contribution is 2.25. The number of piperazine rings is 1. The predicted octanol–water partition coefficient (Wildman–Crippen LogP) is 4.27. The van der Waals surface area contributed by atoms with Gasteiger partial charge in [0.15, 0.2) is 0 Å². The lowest BCUT2D eigenvalue weighted by Gasteiger charge is -2.35. The fourth-order valence-corrected chi connectivity index (χ4v) is 4.85. The van der Waals surface area contributed by atoms with Crippen LogP contribution >= 0.6 is 11.3 Å². The molecule has 1 N–H and O–H groups in total. The van der Waals surface area contributed by atoms with Crippen LogP contribution in [0.5, 0.6) is 5.75 Å². The summed E-state index contributed by atoms with van der Waals surface area (Å²) in [6, 6.07) is 17.0. The maximum Gasteiger partial charge on any atom is 0.304 e. The van der Waals surface area contributed by atoms with Crippen LogP contribution in [0.1, 0.15) is 39.4 Å². The Labute approximate surface area is 209 Å². The molecule has 8 heteroatoms. The average molecular weight is 490 g/mol. The van der Waals surface area contributed by atoms with Crippen LogP contribution in [0.25, 0.3) is 0 Å². The molecule has 1 fully saturated rings. The number of carbonyl (C=O) groups excluding carboxylic acids is 1. The maximum absolute atomic E-state index is 13.0. The smallest absolute Gasteiger partial charge is 0.304 e. The van der Waals surface area contributed by atoms with Crippen LogP contribution in [0.2, 0.25) is 0 Å². The van der Waals surface area contributed by atoms with Gasteiger partial charge in [-0.3, -0.25) is 9.59 Å². The molecule has 1 aliphatic heterocycles. The molecule has 0 radical (unpaired) electrons. The van der Waals surface area contributed by atoms with Crippen LogP contribution in [0.4, 0.5) is 5.82 Å². The Morgan fingerprint density at radius 3 is 2.51 bits per heavy atom. The fraction of sp³-hybridized carbons (Fsp3) is 0.296. The summed E-state index contributed by atoms with van der Waals surface area (Å²) in [7, 11) is 0. The largest absolute Gasteiger partial charge is 0.488 e. The number of nitrogens with zero attached hydrogens (tertiary/aromatic N) is 3. The van der Waals surface area contributed by atoms with E-state index in [1.54, 1.807) is 13.1 Å². The second-order valence-corrected chi connectivity index (χ2v) is 9.30. The number of carboxylic acids is 1. The molecule has 1 saturated heterocycles. The highest BCUT2D eigenvalue weighted by Gasteiger charge is 2.24. The Balaban J connectivity index is 1.29. The Hall–Kier alpha value is -3.83. The van der Waals surface area contributed by atoms with Gasteiger partial charge in [-0.25, -0.2) is 4.98 Å². The number of carboxylic acid groups (broad SMARTS) is 1. The third kappa shape index (κ3) is 6.40. The van der Waals surface area contributed by atoms with Crippen molar-refractivity contribution >= 4 is 29.0 Å². The molecule has 1 atom stereocenters. The van der Waals surface area contributed by atoms with E-state index in [9.17, 15) is 9.59 Å². The maximum atomic E-state index is 13.0. The van der Waals surface area contributed by atoms with Crippen LogP contribution < -0.4 is 9.64 Å². The van der Waals surface area contributed by atoms with E-state index in [4.69, 9.17) is 9.84 Å². The van der Waals surface area contributed by atoms with E-state index in [1.165, 1.54) is 11.3 Å². The Morgan fingerprint density at radius 1 is 1.09 bits per heavy atom. The van der Waals surface area contributed by atoms with Crippen molar-refractivity contribution in [2.45, 2.75) is 25.9 Å². The van der Waals surface area contributed by atoms with E-state index in [1.807, 2.05) is 59.5 Å². The number of thiophene rings is 1. The van der Waals surface area contributed by atoms with Gasteiger partial charge in [0.25, 0.3) is 5.91 Å². The second kappa shape index (κ2) is 11.5. The van der Waals surface area contributed by atoms with Gasteiger partial charge in [-0.05, 0) is 48.9 Å². The van der Waals surface area contributed by atoms with Crippen molar-refractivity contribution in [3.05, 3.63) is 76.1 Å². The molecule has 1 unspecified atom stereocenters. The number of carbonyl (C=O) groups is 2. The SMILES string of the molecule is CC#CC(CC(=O)O)c1ccc(OCc2ccc(C(=O)N3CCN(c4ccccn4)CC3)s2)cc1. The number of rotatable bonds is 8. The molecule has 180 valence electrons. The van der Waals surface area contributed by atoms with E-state index in [2.05, 4.69) is 21.7 Å². The normalized spacial score (nSPS) is 14.1. The van der Waals surface area contributed by atoms with E-state index < -0.39 is 5.97 Å². The first-order chi connectivity index (χ1) is 17.0. The number of amides is 1. The zero-order valence-electron chi connectivity index (χ0n) is 19.5. The third-order valence-electron chi connectivity index (χ3n) is 5.77. The molecular weight excluding hydrogens is 462 g/mol. The third-order valence-corrected chi connectivity index (χ3v) is 6.82. The number of benzene rings is 1. The average Bonchev–Trinajstić information content (AvgIpc) is 3.37. The summed E-state index contributed by atoms with van der Waals surface area (Å²) in [6.45, 7) is 4.91. The van der Waals surface area contributed by atoms with Crippen molar-refractivity contribution in [1.82, 2.24) is 9.88 Å². The molecule has 1 aliphatic rings. The molecule has 0 saturated carbocycles. The molecule has 2 aromatic heterocycles.